The van der Waals surface area contributed by atoms with Gasteiger partial charge in [-0.05, 0) is 23.8 Å². The van der Waals surface area contributed by atoms with Crippen molar-refractivity contribution in [3.63, 3.8) is 0 Å². The van der Waals surface area contributed by atoms with Gasteiger partial charge in [0.1, 0.15) is 0 Å². The van der Waals surface area contributed by atoms with Gasteiger partial charge in [-0.25, -0.2) is 4.98 Å². The predicted octanol–water partition coefficient (Wildman–Crippen LogP) is 2.03. The number of benzene rings is 1. The zero-order valence-electron chi connectivity index (χ0n) is 10.5. The molecule has 3 aromatic rings. The number of nitrogens with zero attached hydrogens (tertiary/aromatic N) is 3. The Morgan fingerprint density at radius 1 is 1.16 bits per heavy atom. The maximum absolute atomic E-state index is 10.2. The first-order valence-corrected chi connectivity index (χ1v) is 6.30. The molecule has 1 unspecified atom stereocenters. The highest BCUT2D eigenvalue weighted by Crippen LogP contribution is 2.13. The van der Waals surface area contributed by atoms with E-state index in [0.29, 0.717) is 13.0 Å². The molecule has 0 bridgehead atoms. The van der Waals surface area contributed by atoms with Crippen molar-refractivity contribution in [3.8, 4) is 0 Å². The molecule has 0 aliphatic heterocycles. The van der Waals surface area contributed by atoms with Crippen molar-refractivity contribution in [1.82, 2.24) is 14.5 Å². The highest BCUT2D eigenvalue weighted by Gasteiger charge is 2.09. The molecule has 19 heavy (non-hydrogen) atoms. The van der Waals surface area contributed by atoms with Crippen LogP contribution in [-0.2, 0) is 13.0 Å². The molecule has 0 amide bonds. The van der Waals surface area contributed by atoms with Crippen LogP contribution in [-0.4, -0.2) is 25.7 Å². The normalized spacial score (nSPS) is 12.7. The van der Waals surface area contributed by atoms with Crippen LogP contribution in [0.3, 0.4) is 0 Å². The van der Waals surface area contributed by atoms with Crippen LogP contribution in [0.2, 0.25) is 0 Å². The van der Waals surface area contributed by atoms with Gasteiger partial charge in [-0.2, -0.15) is 0 Å². The van der Waals surface area contributed by atoms with Crippen LogP contribution in [0.25, 0.3) is 11.0 Å². The highest BCUT2D eigenvalue weighted by atomic mass is 16.3. The molecule has 4 nitrogen and oxygen atoms in total. The van der Waals surface area contributed by atoms with Gasteiger partial charge in [-0.3, -0.25) is 4.98 Å². The quantitative estimate of drug-likeness (QED) is 0.774. The van der Waals surface area contributed by atoms with Crippen LogP contribution in [0.4, 0.5) is 0 Å². The Kier molecular flexibility index (Phi) is 3.25. The van der Waals surface area contributed by atoms with Crippen molar-refractivity contribution < 1.29 is 5.11 Å². The average Bonchev–Trinajstić information content (AvgIpc) is 2.83. The Morgan fingerprint density at radius 3 is 2.89 bits per heavy atom. The van der Waals surface area contributed by atoms with Crippen molar-refractivity contribution in [1.29, 1.82) is 0 Å². The third-order valence-electron chi connectivity index (χ3n) is 3.13. The molecule has 0 saturated carbocycles. The lowest BCUT2D eigenvalue weighted by Gasteiger charge is -2.11. The lowest BCUT2D eigenvalue weighted by Crippen LogP contribution is -2.18. The lowest BCUT2D eigenvalue weighted by atomic mass is 10.1. The zero-order valence-corrected chi connectivity index (χ0v) is 10.5. The Morgan fingerprint density at radius 2 is 2.05 bits per heavy atom. The fourth-order valence-electron chi connectivity index (χ4n) is 2.24. The third kappa shape index (κ3) is 2.63. The summed E-state index contributed by atoms with van der Waals surface area (Å²) in [6, 6.07) is 11.8. The summed E-state index contributed by atoms with van der Waals surface area (Å²) in [7, 11) is 0. The molecule has 2 aromatic heterocycles. The minimum atomic E-state index is -0.443. The van der Waals surface area contributed by atoms with E-state index in [1.54, 1.807) is 18.7 Å². The van der Waals surface area contributed by atoms with Crippen LogP contribution in [0, 0.1) is 0 Å². The molecular weight excluding hydrogens is 238 g/mol. The maximum atomic E-state index is 10.2. The van der Waals surface area contributed by atoms with E-state index < -0.39 is 6.10 Å². The van der Waals surface area contributed by atoms with Gasteiger partial charge in [-0.1, -0.05) is 18.2 Å². The molecule has 4 heteroatoms. The monoisotopic (exact) mass is 253 g/mol. The van der Waals surface area contributed by atoms with Gasteiger partial charge >= 0.3 is 0 Å². The van der Waals surface area contributed by atoms with E-state index in [4.69, 9.17) is 0 Å². The molecule has 0 aliphatic rings. The topological polar surface area (TPSA) is 50.9 Å². The first-order valence-electron chi connectivity index (χ1n) is 6.30. The molecule has 0 saturated heterocycles. The van der Waals surface area contributed by atoms with Crippen LogP contribution >= 0.6 is 0 Å². The van der Waals surface area contributed by atoms with Gasteiger partial charge < -0.3 is 9.67 Å². The van der Waals surface area contributed by atoms with Crippen molar-refractivity contribution in [3.05, 3.63) is 60.7 Å². The Balaban J connectivity index is 1.74. The van der Waals surface area contributed by atoms with Crippen LogP contribution in [0.15, 0.2) is 55.1 Å². The summed E-state index contributed by atoms with van der Waals surface area (Å²) in [6.45, 7) is 0.537. The van der Waals surface area contributed by atoms with E-state index in [1.165, 1.54) is 0 Å². The lowest BCUT2D eigenvalue weighted by molar-refractivity contribution is 0.155. The number of aliphatic hydroxyl groups excluding tert-OH is 1. The van der Waals surface area contributed by atoms with Crippen molar-refractivity contribution >= 4 is 11.0 Å². The number of aromatic nitrogens is 3. The fourth-order valence-corrected chi connectivity index (χ4v) is 2.24. The molecule has 0 fully saturated rings. The maximum Gasteiger partial charge on any atom is 0.0959 e. The first-order chi connectivity index (χ1) is 9.33. The second-order valence-corrected chi connectivity index (χ2v) is 4.60. The number of rotatable bonds is 4. The number of hydrogen-bond donors (Lipinski definition) is 1. The highest BCUT2D eigenvalue weighted by molar-refractivity contribution is 5.74. The van der Waals surface area contributed by atoms with Gasteiger partial charge in [0.15, 0.2) is 0 Å². The van der Waals surface area contributed by atoms with E-state index in [0.717, 1.165) is 16.6 Å². The van der Waals surface area contributed by atoms with Gasteiger partial charge in [0.25, 0.3) is 0 Å². The van der Waals surface area contributed by atoms with Crippen LogP contribution in [0.1, 0.15) is 5.56 Å². The molecule has 1 aromatic carbocycles. The molecule has 2 heterocycles. The van der Waals surface area contributed by atoms with Gasteiger partial charge in [0, 0.05) is 18.8 Å². The minimum absolute atomic E-state index is 0.443. The van der Waals surface area contributed by atoms with Gasteiger partial charge in [0.2, 0.25) is 0 Å². The standard InChI is InChI=1S/C15H15N3O/c19-13(8-12-4-3-7-16-9-12)10-18-11-17-14-5-1-2-6-15(14)18/h1-7,9,11,13,19H,8,10H2. The Bertz CT molecular complexity index is 663. The smallest absolute Gasteiger partial charge is 0.0959 e. The predicted molar refractivity (Wildman–Crippen MR) is 73.7 cm³/mol. The number of imidazole rings is 1. The summed E-state index contributed by atoms with van der Waals surface area (Å²) in [5.74, 6) is 0. The summed E-state index contributed by atoms with van der Waals surface area (Å²) < 4.78 is 1.98. The second-order valence-electron chi connectivity index (χ2n) is 4.60. The summed E-state index contributed by atoms with van der Waals surface area (Å²) in [6.07, 6.45) is 5.45. The first kappa shape index (κ1) is 11.9. The van der Waals surface area contributed by atoms with Crippen molar-refractivity contribution in [2.45, 2.75) is 19.1 Å². The molecule has 3 rings (SSSR count). The van der Waals surface area contributed by atoms with Gasteiger partial charge in [-0.15, -0.1) is 0 Å². The molecule has 96 valence electrons. The molecule has 0 radical (unpaired) electrons. The van der Waals surface area contributed by atoms with E-state index in [9.17, 15) is 5.11 Å². The molecular formula is C15H15N3O. The zero-order chi connectivity index (χ0) is 13.1. The number of para-hydroxylation sites is 2. The van der Waals surface area contributed by atoms with E-state index in [-0.39, 0.29) is 0 Å². The number of hydrogen-bond acceptors (Lipinski definition) is 3. The Hall–Kier alpha value is -2.20. The largest absolute Gasteiger partial charge is 0.391 e. The van der Waals surface area contributed by atoms with Crippen LogP contribution in [0.5, 0.6) is 0 Å². The van der Waals surface area contributed by atoms with Crippen molar-refractivity contribution in [2.75, 3.05) is 0 Å². The van der Waals surface area contributed by atoms with E-state index in [2.05, 4.69) is 9.97 Å². The average molecular weight is 253 g/mol. The summed E-state index contributed by atoms with van der Waals surface area (Å²) in [5, 5.41) is 10.2. The summed E-state index contributed by atoms with van der Waals surface area (Å²) in [5.41, 5.74) is 3.04. The number of fused-ring (bicyclic) bond motifs is 1. The molecule has 1 atom stereocenters. The summed E-state index contributed by atoms with van der Waals surface area (Å²) in [4.78, 5) is 8.37. The number of aliphatic hydroxyl groups is 1. The SMILES string of the molecule is OC(Cc1cccnc1)Cn1cnc2ccccc21. The summed E-state index contributed by atoms with van der Waals surface area (Å²) >= 11 is 0. The van der Waals surface area contributed by atoms with E-state index in [1.807, 2.05) is 41.0 Å². The molecule has 1 N–H and O–H groups in total. The number of pyridine rings is 1. The van der Waals surface area contributed by atoms with E-state index >= 15 is 0 Å². The van der Waals surface area contributed by atoms with Crippen molar-refractivity contribution in [2.24, 2.45) is 0 Å². The molecule has 0 aliphatic carbocycles. The fraction of sp³-hybridized carbons (Fsp3) is 0.200. The third-order valence-corrected chi connectivity index (χ3v) is 3.13. The van der Waals surface area contributed by atoms with Crippen LogP contribution < -0.4 is 0 Å². The second kappa shape index (κ2) is 5.20. The minimum Gasteiger partial charge on any atom is -0.391 e. The molecule has 0 spiro atoms. The Labute approximate surface area is 111 Å². The van der Waals surface area contributed by atoms with Gasteiger partial charge in [0.05, 0.1) is 30.0 Å².